The zero-order valence-electron chi connectivity index (χ0n) is 15.8. The minimum Gasteiger partial charge on any atom is -0.465 e. The van der Waals surface area contributed by atoms with Gasteiger partial charge in [0.25, 0.3) is 0 Å². The van der Waals surface area contributed by atoms with E-state index in [9.17, 15) is 4.79 Å². The van der Waals surface area contributed by atoms with E-state index in [0.29, 0.717) is 44.3 Å². The van der Waals surface area contributed by atoms with E-state index in [1.807, 2.05) is 30.3 Å². The maximum atomic E-state index is 11.9. The molecule has 29 heavy (non-hydrogen) atoms. The number of rotatable bonds is 6. The van der Waals surface area contributed by atoms with E-state index >= 15 is 0 Å². The lowest BCUT2D eigenvalue weighted by atomic mass is 10.1. The van der Waals surface area contributed by atoms with Crippen LogP contribution >= 0.6 is 35.0 Å². The molecule has 0 aliphatic heterocycles. The standard InChI is InChI=1S/C21H18Cl2N2O3S/c1-3-27-17(26)12-29-21(24-14-8-5-4-6-9-14)18-13(2)28-25-20(18)19-15(22)10-7-11-16(19)23/h4-11H,3,12H2,1-2H3. The van der Waals surface area contributed by atoms with E-state index in [-0.39, 0.29) is 11.7 Å². The summed E-state index contributed by atoms with van der Waals surface area (Å²) in [6.45, 7) is 3.86. The highest BCUT2D eigenvalue weighted by Gasteiger charge is 2.24. The molecule has 0 atom stereocenters. The van der Waals surface area contributed by atoms with Gasteiger partial charge in [0, 0.05) is 5.56 Å². The van der Waals surface area contributed by atoms with E-state index in [2.05, 4.69) is 5.16 Å². The molecule has 3 aromatic rings. The van der Waals surface area contributed by atoms with Crippen molar-refractivity contribution >= 4 is 51.7 Å². The lowest BCUT2D eigenvalue weighted by molar-refractivity contribution is -0.139. The van der Waals surface area contributed by atoms with Crippen molar-refractivity contribution in [3.63, 3.8) is 0 Å². The third kappa shape index (κ3) is 5.21. The number of carbonyl (C=O) groups is 1. The van der Waals surface area contributed by atoms with Gasteiger partial charge in [-0.15, -0.1) is 0 Å². The second-order valence-electron chi connectivity index (χ2n) is 5.91. The van der Waals surface area contributed by atoms with Crippen LogP contribution in [-0.2, 0) is 9.53 Å². The minimum absolute atomic E-state index is 0.0970. The SMILES string of the molecule is CCOC(=O)CSC(=Nc1ccccc1)c1c(-c2c(Cl)cccc2Cl)noc1C. The molecule has 0 saturated carbocycles. The molecule has 0 bridgehead atoms. The number of hydrogen-bond donors (Lipinski definition) is 0. The maximum Gasteiger partial charge on any atom is 0.316 e. The molecule has 0 N–H and O–H groups in total. The van der Waals surface area contributed by atoms with E-state index in [4.69, 9.17) is 37.5 Å². The number of aliphatic imine (C=N–C) groups is 1. The average Bonchev–Trinajstić information content (AvgIpc) is 3.07. The summed E-state index contributed by atoms with van der Waals surface area (Å²) in [6.07, 6.45) is 0. The number of carbonyl (C=O) groups excluding carboxylic acids is 1. The fourth-order valence-electron chi connectivity index (χ4n) is 2.63. The summed E-state index contributed by atoms with van der Waals surface area (Å²) in [5, 5.41) is 5.63. The van der Waals surface area contributed by atoms with Gasteiger partial charge in [0.1, 0.15) is 16.5 Å². The summed E-state index contributed by atoms with van der Waals surface area (Å²) < 4.78 is 10.5. The molecule has 0 saturated heterocycles. The number of aryl methyl sites for hydroxylation is 1. The summed E-state index contributed by atoms with van der Waals surface area (Å²) in [5.41, 5.74) is 2.40. The molecule has 0 spiro atoms. The largest absolute Gasteiger partial charge is 0.465 e. The van der Waals surface area contributed by atoms with Gasteiger partial charge in [-0.05, 0) is 38.1 Å². The summed E-state index contributed by atoms with van der Waals surface area (Å²) in [5.74, 6) is 0.312. The number of aromatic nitrogens is 1. The van der Waals surface area contributed by atoms with Crippen LogP contribution in [0.25, 0.3) is 11.3 Å². The van der Waals surface area contributed by atoms with Gasteiger partial charge in [0.2, 0.25) is 0 Å². The average molecular weight is 449 g/mol. The van der Waals surface area contributed by atoms with Crippen LogP contribution in [0.4, 0.5) is 5.69 Å². The fourth-order valence-corrected chi connectivity index (χ4v) is 4.10. The highest BCUT2D eigenvalue weighted by atomic mass is 35.5. The maximum absolute atomic E-state index is 11.9. The van der Waals surface area contributed by atoms with Gasteiger partial charge in [0.05, 0.1) is 33.7 Å². The minimum atomic E-state index is -0.329. The molecule has 5 nitrogen and oxygen atoms in total. The van der Waals surface area contributed by atoms with Crippen molar-refractivity contribution in [1.29, 1.82) is 0 Å². The van der Waals surface area contributed by atoms with Gasteiger partial charge in [-0.25, -0.2) is 4.99 Å². The first-order valence-corrected chi connectivity index (χ1v) is 10.6. The number of para-hydroxylation sites is 1. The second-order valence-corrected chi connectivity index (χ2v) is 7.68. The van der Waals surface area contributed by atoms with Gasteiger partial charge < -0.3 is 9.26 Å². The van der Waals surface area contributed by atoms with Crippen molar-refractivity contribution in [3.05, 3.63) is 69.9 Å². The van der Waals surface area contributed by atoms with Crippen LogP contribution in [0, 0.1) is 6.92 Å². The molecule has 0 radical (unpaired) electrons. The van der Waals surface area contributed by atoms with Crippen LogP contribution in [0.3, 0.4) is 0 Å². The predicted molar refractivity (Wildman–Crippen MR) is 118 cm³/mol. The third-order valence-corrected chi connectivity index (χ3v) is 5.47. The Morgan fingerprint density at radius 2 is 1.83 bits per heavy atom. The van der Waals surface area contributed by atoms with Crippen molar-refractivity contribution in [2.24, 2.45) is 4.99 Å². The van der Waals surface area contributed by atoms with Crippen molar-refractivity contribution in [3.8, 4) is 11.3 Å². The number of benzene rings is 2. The number of ether oxygens (including phenoxy) is 1. The Bertz CT molecular complexity index is 1020. The number of halogens is 2. The van der Waals surface area contributed by atoms with Crippen LogP contribution in [0.5, 0.6) is 0 Å². The smallest absolute Gasteiger partial charge is 0.316 e. The normalized spacial score (nSPS) is 11.5. The van der Waals surface area contributed by atoms with Crippen molar-refractivity contribution in [2.75, 3.05) is 12.4 Å². The molecule has 3 rings (SSSR count). The molecular weight excluding hydrogens is 431 g/mol. The van der Waals surface area contributed by atoms with Crippen LogP contribution in [0.1, 0.15) is 18.2 Å². The van der Waals surface area contributed by atoms with Gasteiger partial charge in [0.15, 0.2) is 0 Å². The Morgan fingerprint density at radius 3 is 2.48 bits per heavy atom. The quantitative estimate of drug-likeness (QED) is 0.250. The molecular formula is C21H18Cl2N2O3S. The summed E-state index contributed by atoms with van der Waals surface area (Å²) in [6, 6.07) is 14.6. The third-order valence-electron chi connectivity index (χ3n) is 3.90. The molecule has 0 unspecified atom stereocenters. The van der Waals surface area contributed by atoms with E-state index in [1.165, 1.54) is 11.8 Å². The van der Waals surface area contributed by atoms with Gasteiger partial charge in [-0.3, -0.25) is 4.79 Å². The van der Waals surface area contributed by atoms with E-state index in [1.54, 1.807) is 32.0 Å². The molecule has 1 heterocycles. The molecule has 2 aromatic carbocycles. The van der Waals surface area contributed by atoms with Crippen molar-refractivity contribution < 1.29 is 14.1 Å². The zero-order valence-corrected chi connectivity index (χ0v) is 18.1. The molecule has 8 heteroatoms. The van der Waals surface area contributed by atoms with Crippen LogP contribution in [-0.4, -0.2) is 28.5 Å². The second kappa shape index (κ2) is 9.96. The molecule has 0 amide bonds. The van der Waals surface area contributed by atoms with Crippen molar-refractivity contribution in [2.45, 2.75) is 13.8 Å². The topological polar surface area (TPSA) is 64.7 Å². The molecule has 0 fully saturated rings. The Labute approximate surface area is 183 Å². The Balaban J connectivity index is 2.10. The lowest BCUT2D eigenvalue weighted by Crippen LogP contribution is -2.10. The number of esters is 1. The highest BCUT2D eigenvalue weighted by molar-refractivity contribution is 8.15. The zero-order chi connectivity index (χ0) is 20.8. The first-order chi connectivity index (χ1) is 14.0. The first kappa shape index (κ1) is 21.4. The molecule has 0 aliphatic rings. The highest BCUT2D eigenvalue weighted by Crippen LogP contribution is 2.38. The first-order valence-electron chi connectivity index (χ1n) is 8.84. The summed E-state index contributed by atoms with van der Waals surface area (Å²) in [4.78, 5) is 16.7. The van der Waals surface area contributed by atoms with Crippen LogP contribution < -0.4 is 0 Å². The van der Waals surface area contributed by atoms with Gasteiger partial charge in [-0.2, -0.15) is 0 Å². The number of hydrogen-bond acceptors (Lipinski definition) is 6. The van der Waals surface area contributed by atoms with Crippen molar-refractivity contribution in [1.82, 2.24) is 5.16 Å². The number of thioether (sulfide) groups is 1. The molecule has 0 aliphatic carbocycles. The Morgan fingerprint density at radius 1 is 1.14 bits per heavy atom. The predicted octanol–water partition coefficient (Wildman–Crippen LogP) is 6.33. The monoisotopic (exact) mass is 448 g/mol. The van der Waals surface area contributed by atoms with Crippen LogP contribution in [0.2, 0.25) is 10.0 Å². The Kier molecular flexibility index (Phi) is 7.36. The lowest BCUT2D eigenvalue weighted by Gasteiger charge is -2.10. The number of nitrogens with zero attached hydrogens (tertiary/aromatic N) is 2. The van der Waals surface area contributed by atoms with Crippen LogP contribution in [0.15, 0.2) is 58.0 Å². The van der Waals surface area contributed by atoms with E-state index in [0.717, 1.165) is 5.69 Å². The van der Waals surface area contributed by atoms with Gasteiger partial charge in [-0.1, -0.05) is 64.4 Å². The summed E-state index contributed by atoms with van der Waals surface area (Å²) >= 11 is 14.0. The fraction of sp³-hybridized carbons (Fsp3) is 0.190. The Hall–Kier alpha value is -2.28. The molecule has 150 valence electrons. The van der Waals surface area contributed by atoms with E-state index < -0.39 is 0 Å². The van der Waals surface area contributed by atoms with Gasteiger partial charge >= 0.3 is 5.97 Å². The summed E-state index contributed by atoms with van der Waals surface area (Å²) in [7, 11) is 0. The molecule has 1 aromatic heterocycles.